The summed E-state index contributed by atoms with van der Waals surface area (Å²) in [6.45, 7) is 0. The average Bonchev–Trinajstić information content (AvgIpc) is 2.65. The highest BCUT2D eigenvalue weighted by atomic mass is 16.3. The van der Waals surface area contributed by atoms with Crippen LogP contribution < -0.4 is 10.6 Å². The van der Waals surface area contributed by atoms with Gasteiger partial charge in [0.1, 0.15) is 5.82 Å². The van der Waals surface area contributed by atoms with E-state index in [1.165, 1.54) is 0 Å². The molecule has 0 amide bonds. The molecule has 3 aromatic rings. The molecule has 0 saturated heterocycles. The van der Waals surface area contributed by atoms with E-state index in [2.05, 4.69) is 15.6 Å². The highest BCUT2D eigenvalue weighted by Crippen LogP contribution is 2.27. The molecule has 3 N–H and O–H groups in total. The standard InChI is InChI=1S/C20H22N4O/c25-16-12-10-15(11-13-16)22-20-23-18-9-5-4-8-17(18)19(24-20)21-14-6-2-1-3-7-14/h1-9,15-16,25H,10-13H2,(H2,21,22,23,24). The van der Waals surface area contributed by atoms with Crippen molar-refractivity contribution in [3.8, 4) is 0 Å². The Morgan fingerprint density at radius 3 is 2.36 bits per heavy atom. The summed E-state index contributed by atoms with van der Waals surface area (Å²) in [6.07, 6.45) is 3.39. The first kappa shape index (κ1) is 15.8. The SMILES string of the molecule is OC1CCC(Nc2nc(Nc3ccccc3)c3ccccc3n2)CC1. The van der Waals surface area contributed by atoms with Gasteiger partial charge in [0.15, 0.2) is 0 Å². The molecule has 25 heavy (non-hydrogen) atoms. The van der Waals surface area contributed by atoms with Gasteiger partial charge in [-0.3, -0.25) is 0 Å². The van der Waals surface area contributed by atoms with Crippen molar-refractivity contribution in [3.05, 3.63) is 54.6 Å². The van der Waals surface area contributed by atoms with Crippen LogP contribution in [0.25, 0.3) is 10.9 Å². The molecule has 1 fully saturated rings. The van der Waals surface area contributed by atoms with Crippen molar-refractivity contribution in [2.45, 2.75) is 37.8 Å². The van der Waals surface area contributed by atoms with Crippen molar-refractivity contribution < 1.29 is 5.11 Å². The summed E-state index contributed by atoms with van der Waals surface area (Å²) < 4.78 is 0. The lowest BCUT2D eigenvalue weighted by atomic mass is 9.93. The molecule has 1 saturated carbocycles. The van der Waals surface area contributed by atoms with E-state index in [9.17, 15) is 5.11 Å². The number of fused-ring (bicyclic) bond motifs is 1. The van der Waals surface area contributed by atoms with Crippen molar-refractivity contribution in [1.82, 2.24) is 9.97 Å². The number of aliphatic hydroxyl groups is 1. The molecule has 2 aromatic carbocycles. The number of aromatic nitrogens is 2. The Bertz CT molecular complexity index is 845. The zero-order chi connectivity index (χ0) is 17.1. The predicted molar refractivity (Wildman–Crippen MR) is 101 cm³/mol. The molecule has 0 unspecified atom stereocenters. The number of nitrogens with zero attached hydrogens (tertiary/aromatic N) is 2. The number of para-hydroxylation sites is 2. The summed E-state index contributed by atoms with van der Waals surface area (Å²) in [7, 11) is 0. The molecule has 0 bridgehead atoms. The quantitative estimate of drug-likeness (QED) is 0.670. The molecule has 5 heteroatoms. The van der Waals surface area contributed by atoms with E-state index in [4.69, 9.17) is 4.98 Å². The van der Waals surface area contributed by atoms with Gasteiger partial charge in [-0.15, -0.1) is 0 Å². The highest BCUT2D eigenvalue weighted by molar-refractivity contribution is 5.91. The van der Waals surface area contributed by atoms with E-state index in [0.717, 1.165) is 48.1 Å². The van der Waals surface area contributed by atoms with Gasteiger partial charge in [0.25, 0.3) is 0 Å². The average molecular weight is 334 g/mol. The second kappa shape index (κ2) is 7.07. The third-order valence-electron chi connectivity index (χ3n) is 4.67. The molecule has 128 valence electrons. The van der Waals surface area contributed by atoms with Crippen molar-refractivity contribution in [2.75, 3.05) is 10.6 Å². The minimum absolute atomic E-state index is 0.161. The molecule has 1 aromatic heterocycles. The van der Waals surface area contributed by atoms with E-state index >= 15 is 0 Å². The smallest absolute Gasteiger partial charge is 0.225 e. The van der Waals surface area contributed by atoms with Gasteiger partial charge in [-0.2, -0.15) is 4.98 Å². The van der Waals surface area contributed by atoms with Crippen molar-refractivity contribution >= 4 is 28.4 Å². The summed E-state index contributed by atoms with van der Waals surface area (Å²) in [5.74, 6) is 1.44. The van der Waals surface area contributed by atoms with Crippen molar-refractivity contribution in [3.63, 3.8) is 0 Å². The first-order chi connectivity index (χ1) is 12.3. The number of anilines is 3. The third-order valence-corrected chi connectivity index (χ3v) is 4.67. The molecule has 1 aliphatic rings. The van der Waals surface area contributed by atoms with Crippen LogP contribution in [0.2, 0.25) is 0 Å². The van der Waals surface area contributed by atoms with Gasteiger partial charge in [-0.1, -0.05) is 30.3 Å². The number of hydrogen-bond donors (Lipinski definition) is 3. The first-order valence-corrected chi connectivity index (χ1v) is 8.81. The minimum atomic E-state index is -0.161. The summed E-state index contributed by atoms with van der Waals surface area (Å²) >= 11 is 0. The fourth-order valence-electron chi connectivity index (χ4n) is 3.30. The minimum Gasteiger partial charge on any atom is -0.393 e. The normalized spacial score (nSPS) is 20.4. The van der Waals surface area contributed by atoms with Gasteiger partial charge >= 0.3 is 0 Å². The molecule has 0 aliphatic heterocycles. The van der Waals surface area contributed by atoms with Crippen LogP contribution >= 0.6 is 0 Å². The van der Waals surface area contributed by atoms with E-state index in [1.807, 2.05) is 54.6 Å². The Hall–Kier alpha value is -2.66. The van der Waals surface area contributed by atoms with Crippen LogP contribution in [0.5, 0.6) is 0 Å². The Labute approximate surface area is 147 Å². The van der Waals surface area contributed by atoms with Gasteiger partial charge in [-0.05, 0) is 49.9 Å². The predicted octanol–water partition coefficient (Wildman–Crippen LogP) is 4.09. The fourth-order valence-corrected chi connectivity index (χ4v) is 3.30. The number of nitrogens with one attached hydrogen (secondary N) is 2. The third kappa shape index (κ3) is 3.72. The lowest BCUT2D eigenvalue weighted by Crippen LogP contribution is -2.29. The van der Waals surface area contributed by atoms with Crippen molar-refractivity contribution in [2.24, 2.45) is 0 Å². The number of benzene rings is 2. The van der Waals surface area contributed by atoms with Crippen LogP contribution in [-0.2, 0) is 0 Å². The summed E-state index contributed by atoms with van der Waals surface area (Å²) in [4.78, 5) is 9.38. The molecule has 0 spiro atoms. The Morgan fingerprint density at radius 2 is 1.56 bits per heavy atom. The zero-order valence-electron chi connectivity index (χ0n) is 14.0. The van der Waals surface area contributed by atoms with Gasteiger partial charge in [0, 0.05) is 17.1 Å². The van der Waals surface area contributed by atoms with Gasteiger partial charge < -0.3 is 15.7 Å². The summed E-state index contributed by atoms with van der Waals surface area (Å²) in [6, 6.07) is 18.4. The maximum Gasteiger partial charge on any atom is 0.225 e. The van der Waals surface area contributed by atoms with Crippen LogP contribution in [0.4, 0.5) is 17.5 Å². The lowest BCUT2D eigenvalue weighted by molar-refractivity contribution is 0.126. The summed E-state index contributed by atoms with van der Waals surface area (Å²) in [5, 5.41) is 17.5. The molecule has 0 atom stereocenters. The molecular formula is C20H22N4O. The molecule has 1 heterocycles. The van der Waals surface area contributed by atoms with Crippen LogP contribution in [0, 0.1) is 0 Å². The van der Waals surface area contributed by atoms with Gasteiger partial charge in [0.05, 0.1) is 11.6 Å². The topological polar surface area (TPSA) is 70.1 Å². The molecule has 4 rings (SSSR count). The Morgan fingerprint density at radius 1 is 0.840 bits per heavy atom. The first-order valence-electron chi connectivity index (χ1n) is 8.81. The largest absolute Gasteiger partial charge is 0.393 e. The van der Waals surface area contributed by atoms with E-state index in [0.29, 0.717) is 12.0 Å². The van der Waals surface area contributed by atoms with E-state index in [-0.39, 0.29) is 6.10 Å². The molecule has 1 aliphatic carbocycles. The number of rotatable bonds is 4. The van der Waals surface area contributed by atoms with E-state index < -0.39 is 0 Å². The van der Waals surface area contributed by atoms with Crippen LogP contribution in [-0.4, -0.2) is 27.2 Å². The second-order valence-electron chi connectivity index (χ2n) is 6.55. The van der Waals surface area contributed by atoms with Gasteiger partial charge in [0.2, 0.25) is 5.95 Å². The van der Waals surface area contributed by atoms with Gasteiger partial charge in [-0.25, -0.2) is 4.98 Å². The highest BCUT2D eigenvalue weighted by Gasteiger charge is 2.20. The molecular weight excluding hydrogens is 312 g/mol. The monoisotopic (exact) mass is 334 g/mol. The maximum absolute atomic E-state index is 9.67. The second-order valence-corrected chi connectivity index (χ2v) is 6.55. The number of aliphatic hydroxyl groups excluding tert-OH is 1. The number of hydrogen-bond acceptors (Lipinski definition) is 5. The van der Waals surface area contributed by atoms with Crippen LogP contribution in [0.3, 0.4) is 0 Å². The molecule has 5 nitrogen and oxygen atoms in total. The lowest BCUT2D eigenvalue weighted by Gasteiger charge is -2.26. The maximum atomic E-state index is 9.67. The van der Waals surface area contributed by atoms with E-state index in [1.54, 1.807) is 0 Å². The fraction of sp³-hybridized carbons (Fsp3) is 0.300. The van der Waals surface area contributed by atoms with Crippen LogP contribution in [0.15, 0.2) is 54.6 Å². The van der Waals surface area contributed by atoms with Crippen LogP contribution in [0.1, 0.15) is 25.7 Å². The Balaban J connectivity index is 1.64. The zero-order valence-corrected chi connectivity index (χ0v) is 14.0. The molecule has 0 radical (unpaired) electrons. The summed E-state index contributed by atoms with van der Waals surface area (Å²) in [5.41, 5.74) is 1.91. The van der Waals surface area contributed by atoms with Crippen molar-refractivity contribution in [1.29, 1.82) is 0 Å². The Kier molecular flexibility index (Phi) is 4.48.